The second-order valence-corrected chi connectivity index (χ2v) is 8.52. The van der Waals surface area contributed by atoms with Gasteiger partial charge in [-0.2, -0.15) is 0 Å². The van der Waals surface area contributed by atoms with E-state index in [0.717, 1.165) is 56.9 Å². The summed E-state index contributed by atoms with van der Waals surface area (Å²) < 4.78 is 11.9. The minimum atomic E-state index is -0.590. The summed E-state index contributed by atoms with van der Waals surface area (Å²) in [6, 6.07) is 5.42. The summed E-state index contributed by atoms with van der Waals surface area (Å²) in [5.74, 6) is -0.0411. The zero-order chi connectivity index (χ0) is 20.7. The third-order valence-corrected chi connectivity index (χ3v) is 6.71. The SMILES string of the molecule is O=C1CCC(N2Cc3cc(O[C@@H]4CCC[C@@H]4N4CCOCC4)ccc3C2=O)C(=O)N1. The van der Waals surface area contributed by atoms with Crippen LogP contribution in [0.2, 0.25) is 0 Å². The van der Waals surface area contributed by atoms with E-state index in [1.807, 2.05) is 12.1 Å². The second-order valence-electron chi connectivity index (χ2n) is 8.52. The number of morpholine rings is 1. The normalized spacial score (nSPS) is 29.8. The van der Waals surface area contributed by atoms with Gasteiger partial charge in [-0.05, 0) is 49.4 Å². The zero-order valence-corrected chi connectivity index (χ0v) is 17.0. The topological polar surface area (TPSA) is 88.2 Å². The first-order chi connectivity index (χ1) is 14.6. The fourth-order valence-electron chi connectivity index (χ4n) is 5.17. The third-order valence-electron chi connectivity index (χ3n) is 6.71. The number of hydrogen-bond donors (Lipinski definition) is 1. The van der Waals surface area contributed by atoms with Crippen molar-refractivity contribution in [3.63, 3.8) is 0 Å². The molecule has 5 rings (SSSR count). The quantitative estimate of drug-likeness (QED) is 0.744. The minimum Gasteiger partial charge on any atom is -0.489 e. The van der Waals surface area contributed by atoms with Crippen LogP contribution in [0.5, 0.6) is 5.75 Å². The number of carbonyl (C=O) groups excluding carboxylic acids is 3. The molecule has 3 atom stereocenters. The van der Waals surface area contributed by atoms with Crippen molar-refractivity contribution < 1.29 is 23.9 Å². The van der Waals surface area contributed by atoms with Crippen molar-refractivity contribution in [2.75, 3.05) is 26.3 Å². The first kappa shape index (κ1) is 19.5. The third kappa shape index (κ3) is 3.58. The summed E-state index contributed by atoms with van der Waals surface area (Å²) in [4.78, 5) is 40.5. The lowest BCUT2D eigenvalue weighted by Crippen LogP contribution is -2.52. The van der Waals surface area contributed by atoms with E-state index >= 15 is 0 Å². The molecule has 1 aromatic carbocycles. The molecule has 3 fully saturated rings. The van der Waals surface area contributed by atoms with Gasteiger partial charge in [0.15, 0.2) is 0 Å². The molecule has 0 bridgehead atoms. The van der Waals surface area contributed by atoms with Gasteiger partial charge in [0.1, 0.15) is 17.9 Å². The van der Waals surface area contributed by atoms with Gasteiger partial charge in [-0.25, -0.2) is 0 Å². The number of rotatable bonds is 4. The lowest BCUT2D eigenvalue weighted by Gasteiger charge is -2.35. The van der Waals surface area contributed by atoms with E-state index in [9.17, 15) is 14.4 Å². The van der Waals surface area contributed by atoms with Crippen LogP contribution < -0.4 is 10.1 Å². The Kier molecular flexibility index (Phi) is 5.20. The Balaban J connectivity index is 1.28. The molecule has 3 aliphatic heterocycles. The van der Waals surface area contributed by atoms with E-state index < -0.39 is 6.04 Å². The van der Waals surface area contributed by atoms with Gasteiger partial charge < -0.3 is 14.4 Å². The molecule has 8 heteroatoms. The number of hydrogen-bond acceptors (Lipinski definition) is 6. The lowest BCUT2D eigenvalue weighted by atomic mass is 10.0. The Morgan fingerprint density at radius 1 is 1.07 bits per heavy atom. The second kappa shape index (κ2) is 8.00. The Morgan fingerprint density at radius 3 is 2.70 bits per heavy atom. The molecule has 0 spiro atoms. The van der Waals surface area contributed by atoms with Crippen LogP contribution in [-0.2, 0) is 20.9 Å². The van der Waals surface area contributed by atoms with Gasteiger partial charge in [-0.1, -0.05) is 0 Å². The van der Waals surface area contributed by atoms with Crippen molar-refractivity contribution in [1.82, 2.24) is 15.1 Å². The number of benzene rings is 1. The standard InChI is InChI=1S/C22H27N3O5/c26-20-7-6-18(21(27)23-20)25-13-14-12-15(4-5-16(14)22(25)28)30-19-3-1-2-17(19)24-8-10-29-11-9-24/h4-5,12,17-19H,1-3,6-11,13H2,(H,23,26,27)/t17-,18?,19+/m0/s1. The maximum Gasteiger partial charge on any atom is 0.255 e. The molecular formula is C22H27N3O5. The van der Waals surface area contributed by atoms with Crippen molar-refractivity contribution in [3.8, 4) is 5.75 Å². The maximum atomic E-state index is 12.8. The smallest absolute Gasteiger partial charge is 0.255 e. The molecule has 1 aromatic rings. The molecular weight excluding hydrogens is 386 g/mol. The average molecular weight is 413 g/mol. The van der Waals surface area contributed by atoms with Gasteiger partial charge in [0, 0.05) is 37.7 Å². The van der Waals surface area contributed by atoms with Crippen LogP contribution in [-0.4, -0.2) is 72.0 Å². The number of imide groups is 1. The first-order valence-electron chi connectivity index (χ1n) is 10.9. The van der Waals surface area contributed by atoms with Crippen LogP contribution in [0.15, 0.2) is 18.2 Å². The van der Waals surface area contributed by atoms with Crippen molar-refractivity contribution in [1.29, 1.82) is 0 Å². The molecule has 2 saturated heterocycles. The van der Waals surface area contributed by atoms with Gasteiger partial charge >= 0.3 is 0 Å². The molecule has 4 aliphatic rings. The Hall–Kier alpha value is -2.45. The van der Waals surface area contributed by atoms with Crippen molar-refractivity contribution in [2.24, 2.45) is 0 Å². The van der Waals surface area contributed by atoms with Gasteiger partial charge in [0.25, 0.3) is 5.91 Å². The van der Waals surface area contributed by atoms with Gasteiger partial charge in [-0.3, -0.25) is 24.6 Å². The molecule has 160 valence electrons. The summed E-state index contributed by atoms with van der Waals surface area (Å²) in [5, 5.41) is 2.34. The molecule has 3 heterocycles. The molecule has 8 nitrogen and oxygen atoms in total. The molecule has 3 amide bonds. The van der Waals surface area contributed by atoms with E-state index in [-0.39, 0.29) is 30.2 Å². The van der Waals surface area contributed by atoms with E-state index in [1.165, 1.54) is 0 Å². The van der Waals surface area contributed by atoms with Gasteiger partial charge in [0.2, 0.25) is 11.8 Å². The summed E-state index contributed by atoms with van der Waals surface area (Å²) in [6.45, 7) is 3.82. The fourth-order valence-corrected chi connectivity index (χ4v) is 5.17. The number of fused-ring (bicyclic) bond motifs is 1. The highest BCUT2D eigenvalue weighted by Crippen LogP contribution is 2.33. The van der Waals surface area contributed by atoms with Crippen LogP contribution >= 0.6 is 0 Å². The highest BCUT2D eigenvalue weighted by molar-refractivity contribution is 6.05. The van der Waals surface area contributed by atoms with Crippen LogP contribution in [0.3, 0.4) is 0 Å². The largest absolute Gasteiger partial charge is 0.489 e. The maximum absolute atomic E-state index is 12.8. The van der Waals surface area contributed by atoms with Crippen LogP contribution in [0.25, 0.3) is 0 Å². The van der Waals surface area contributed by atoms with Crippen molar-refractivity contribution >= 4 is 17.7 Å². The average Bonchev–Trinajstić information content (AvgIpc) is 3.33. The number of piperidine rings is 1. The number of ether oxygens (including phenoxy) is 2. The van der Waals surface area contributed by atoms with Gasteiger partial charge in [0.05, 0.1) is 13.2 Å². The number of carbonyl (C=O) groups is 3. The van der Waals surface area contributed by atoms with Crippen LogP contribution in [0, 0.1) is 0 Å². The molecule has 1 aliphatic carbocycles. The highest BCUT2D eigenvalue weighted by atomic mass is 16.5. The predicted molar refractivity (Wildman–Crippen MR) is 107 cm³/mol. The fraction of sp³-hybridized carbons (Fsp3) is 0.591. The van der Waals surface area contributed by atoms with E-state index in [2.05, 4.69) is 10.2 Å². The first-order valence-corrected chi connectivity index (χ1v) is 10.9. The highest BCUT2D eigenvalue weighted by Gasteiger charge is 2.39. The van der Waals surface area contributed by atoms with E-state index in [4.69, 9.17) is 9.47 Å². The van der Waals surface area contributed by atoms with E-state index in [0.29, 0.717) is 24.6 Å². The summed E-state index contributed by atoms with van der Waals surface area (Å²) in [5.41, 5.74) is 1.49. The molecule has 1 N–H and O–H groups in total. The lowest BCUT2D eigenvalue weighted by molar-refractivity contribution is -0.136. The molecule has 0 aromatic heterocycles. The molecule has 1 unspecified atom stereocenters. The molecule has 30 heavy (non-hydrogen) atoms. The number of nitrogens with one attached hydrogen (secondary N) is 1. The Labute approximate surface area is 175 Å². The van der Waals surface area contributed by atoms with Crippen LogP contribution in [0.1, 0.15) is 48.0 Å². The van der Waals surface area contributed by atoms with Crippen molar-refractivity contribution in [2.45, 2.75) is 56.8 Å². The monoisotopic (exact) mass is 413 g/mol. The summed E-state index contributed by atoms with van der Waals surface area (Å²) in [6.07, 6.45) is 4.09. The Bertz CT molecular complexity index is 866. The summed E-state index contributed by atoms with van der Waals surface area (Å²) >= 11 is 0. The van der Waals surface area contributed by atoms with Crippen LogP contribution in [0.4, 0.5) is 0 Å². The Morgan fingerprint density at radius 2 is 1.90 bits per heavy atom. The molecule has 1 saturated carbocycles. The number of nitrogens with zero attached hydrogens (tertiary/aromatic N) is 2. The van der Waals surface area contributed by atoms with Crippen molar-refractivity contribution in [3.05, 3.63) is 29.3 Å². The summed E-state index contributed by atoms with van der Waals surface area (Å²) in [7, 11) is 0. The van der Waals surface area contributed by atoms with E-state index in [1.54, 1.807) is 11.0 Å². The predicted octanol–water partition coefficient (Wildman–Crippen LogP) is 1.08. The molecule has 0 radical (unpaired) electrons. The number of amides is 3. The minimum absolute atomic E-state index is 0.143. The zero-order valence-electron chi connectivity index (χ0n) is 17.0. The van der Waals surface area contributed by atoms with Gasteiger partial charge in [-0.15, -0.1) is 0 Å².